The number of rotatable bonds is 3. The third-order valence-electron chi connectivity index (χ3n) is 2.44. The van der Waals surface area contributed by atoms with E-state index >= 15 is 0 Å². The molecule has 90 valence electrons. The Morgan fingerprint density at radius 3 is 2.71 bits per heavy atom. The number of benzene rings is 1. The lowest BCUT2D eigenvalue weighted by Crippen LogP contribution is -2.11. The molecule has 2 nitrogen and oxygen atoms in total. The summed E-state index contributed by atoms with van der Waals surface area (Å²) in [6.45, 7) is 0. The van der Waals surface area contributed by atoms with Crippen LogP contribution in [-0.4, -0.2) is 7.11 Å². The SMILES string of the molecule is COc1ccc(Br)c(C(N)c2ccc(Cl)s2)c1. The van der Waals surface area contributed by atoms with Gasteiger partial charge in [-0.25, -0.2) is 0 Å². The summed E-state index contributed by atoms with van der Waals surface area (Å²) in [4.78, 5) is 1.03. The zero-order chi connectivity index (χ0) is 12.4. The van der Waals surface area contributed by atoms with Gasteiger partial charge in [-0.05, 0) is 35.9 Å². The lowest BCUT2D eigenvalue weighted by molar-refractivity contribution is 0.414. The first-order chi connectivity index (χ1) is 8.11. The summed E-state index contributed by atoms with van der Waals surface area (Å²) in [5.74, 6) is 0.793. The molecule has 2 N–H and O–H groups in total. The van der Waals surface area contributed by atoms with Gasteiger partial charge in [-0.2, -0.15) is 0 Å². The van der Waals surface area contributed by atoms with E-state index in [4.69, 9.17) is 22.1 Å². The molecular formula is C12H11BrClNOS. The Bertz CT molecular complexity index is 529. The molecular weight excluding hydrogens is 322 g/mol. The molecule has 1 aromatic heterocycles. The first-order valence-electron chi connectivity index (χ1n) is 4.96. The summed E-state index contributed by atoms with van der Waals surface area (Å²) in [6, 6.07) is 9.36. The van der Waals surface area contributed by atoms with Crippen LogP contribution in [0.25, 0.3) is 0 Å². The molecule has 0 aliphatic rings. The summed E-state index contributed by atoms with van der Waals surface area (Å²) in [7, 11) is 1.64. The largest absolute Gasteiger partial charge is 0.497 e. The first-order valence-corrected chi connectivity index (χ1v) is 6.95. The van der Waals surface area contributed by atoms with Crippen molar-refractivity contribution >= 4 is 38.9 Å². The standard InChI is InChI=1S/C12H11BrClNOS/c1-16-7-2-3-9(13)8(6-7)12(15)10-4-5-11(14)17-10/h2-6,12H,15H2,1H3. The van der Waals surface area contributed by atoms with Gasteiger partial charge < -0.3 is 10.5 Å². The second-order valence-corrected chi connectivity index (χ2v) is 6.11. The fourth-order valence-electron chi connectivity index (χ4n) is 1.54. The van der Waals surface area contributed by atoms with Gasteiger partial charge in [0.2, 0.25) is 0 Å². The molecule has 0 spiro atoms. The monoisotopic (exact) mass is 331 g/mol. The fourth-order valence-corrected chi connectivity index (χ4v) is 3.11. The summed E-state index contributed by atoms with van der Waals surface area (Å²) in [5, 5.41) is 0. The third kappa shape index (κ3) is 2.83. The molecule has 0 fully saturated rings. The Hall–Kier alpha value is -0.550. The maximum absolute atomic E-state index is 6.22. The van der Waals surface area contributed by atoms with Crippen molar-refractivity contribution in [2.75, 3.05) is 7.11 Å². The molecule has 0 amide bonds. The Kier molecular flexibility index (Phi) is 4.09. The molecule has 1 heterocycles. The zero-order valence-corrected chi connectivity index (χ0v) is 12.3. The number of nitrogens with two attached hydrogens (primary N) is 1. The van der Waals surface area contributed by atoms with E-state index in [0.29, 0.717) is 0 Å². The van der Waals surface area contributed by atoms with Gasteiger partial charge in [0.25, 0.3) is 0 Å². The maximum atomic E-state index is 6.22. The second kappa shape index (κ2) is 5.40. The van der Waals surface area contributed by atoms with Crippen LogP contribution in [0.4, 0.5) is 0 Å². The average Bonchev–Trinajstić information content (AvgIpc) is 2.76. The van der Waals surface area contributed by atoms with E-state index in [2.05, 4.69) is 15.9 Å². The van der Waals surface area contributed by atoms with E-state index in [9.17, 15) is 0 Å². The van der Waals surface area contributed by atoms with Crippen LogP contribution in [0.1, 0.15) is 16.5 Å². The predicted molar refractivity (Wildman–Crippen MR) is 76.1 cm³/mol. The van der Waals surface area contributed by atoms with Crippen molar-refractivity contribution in [3.63, 3.8) is 0 Å². The van der Waals surface area contributed by atoms with E-state index < -0.39 is 0 Å². The van der Waals surface area contributed by atoms with Crippen molar-refractivity contribution in [3.05, 3.63) is 49.6 Å². The highest BCUT2D eigenvalue weighted by molar-refractivity contribution is 9.10. The van der Waals surface area contributed by atoms with Crippen LogP contribution in [-0.2, 0) is 0 Å². The first kappa shape index (κ1) is 12.9. The minimum Gasteiger partial charge on any atom is -0.497 e. The molecule has 1 unspecified atom stereocenters. The van der Waals surface area contributed by atoms with Gasteiger partial charge in [0.15, 0.2) is 0 Å². The highest BCUT2D eigenvalue weighted by atomic mass is 79.9. The maximum Gasteiger partial charge on any atom is 0.119 e. The van der Waals surface area contributed by atoms with Crippen molar-refractivity contribution in [2.45, 2.75) is 6.04 Å². The van der Waals surface area contributed by atoms with Gasteiger partial charge >= 0.3 is 0 Å². The highest BCUT2D eigenvalue weighted by Crippen LogP contribution is 2.34. The molecule has 2 aromatic rings. The number of halogens is 2. The molecule has 0 saturated carbocycles. The third-order valence-corrected chi connectivity index (χ3v) is 4.48. The van der Waals surface area contributed by atoms with Crippen molar-refractivity contribution in [2.24, 2.45) is 5.73 Å². The normalized spacial score (nSPS) is 12.5. The van der Waals surface area contributed by atoms with Gasteiger partial charge in [-0.1, -0.05) is 27.5 Å². The lowest BCUT2D eigenvalue weighted by Gasteiger charge is -2.13. The molecule has 0 bridgehead atoms. The smallest absolute Gasteiger partial charge is 0.119 e. The quantitative estimate of drug-likeness (QED) is 0.913. The van der Waals surface area contributed by atoms with Gasteiger partial charge in [-0.3, -0.25) is 0 Å². The van der Waals surface area contributed by atoms with Crippen molar-refractivity contribution in [1.29, 1.82) is 0 Å². The van der Waals surface area contributed by atoms with E-state index in [1.807, 2.05) is 30.3 Å². The number of methoxy groups -OCH3 is 1. The van der Waals surface area contributed by atoms with Gasteiger partial charge in [0.05, 0.1) is 17.5 Å². The topological polar surface area (TPSA) is 35.2 Å². The van der Waals surface area contributed by atoms with Crippen LogP contribution >= 0.6 is 38.9 Å². The minimum atomic E-state index is -0.197. The molecule has 0 radical (unpaired) electrons. The minimum absolute atomic E-state index is 0.197. The van der Waals surface area contributed by atoms with Crippen molar-refractivity contribution in [1.82, 2.24) is 0 Å². The number of hydrogen-bond donors (Lipinski definition) is 1. The van der Waals surface area contributed by atoms with Crippen LogP contribution in [0.15, 0.2) is 34.8 Å². The van der Waals surface area contributed by atoms with Crippen molar-refractivity contribution < 1.29 is 4.74 Å². The van der Waals surface area contributed by atoms with Crippen LogP contribution in [0, 0.1) is 0 Å². The van der Waals surface area contributed by atoms with E-state index in [-0.39, 0.29) is 6.04 Å². The Labute approximate surface area is 117 Å². The lowest BCUT2D eigenvalue weighted by atomic mass is 10.1. The molecule has 1 aromatic carbocycles. The summed E-state index contributed by atoms with van der Waals surface area (Å²) in [6.07, 6.45) is 0. The Morgan fingerprint density at radius 2 is 2.12 bits per heavy atom. The molecule has 5 heteroatoms. The summed E-state index contributed by atoms with van der Waals surface area (Å²) >= 11 is 10.9. The fraction of sp³-hybridized carbons (Fsp3) is 0.167. The Balaban J connectivity index is 2.39. The molecule has 1 atom stereocenters. The van der Waals surface area contributed by atoms with Gasteiger partial charge in [-0.15, -0.1) is 11.3 Å². The van der Waals surface area contributed by atoms with E-state index in [0.717, 1.165) is 25.0 Å². The molecule has 0 saturated heterocycles. The molecule has 0 aliphatic carbocycles. The predicted octanol–water partition coefficient (Wildman–Crippen LogP) is 4.22. The van der Waals surface area contributed by atoms with Crippen LogP contribution in [0.5, 0.6) is 5.75 Å². The van der Waals surface area contributed by atoms with Gasteiger partial charge in [0.1, 0.15) is 5.75 Å². The highest BCUT2D eigenvalue weighted by Gasteiger charge is 2.15. The van der Waals surface area contributed by atoms with Crippen LogP contribution in [0.3, 0.4) is 0 Å². The molecule has 17 heavy (non-hydrogen) atoms. The number of thiophene rings is 1. The van der Waals surface area contributed by atoms with Crippen LogP contribution in [0.2, 0.25) is 4.34 Å². The van der Waals surface area contributed by atoms with Crippen LogP contribution < -0.4 is 10.5 Å². The number of ether oxygens (including phenoxy) is 1. The van der Waals surface area contributed by atoms with Gasteiger partial charge in [0, 0.05) is 9.35 Å². The second-order valence-electron chi connectivity index (χ2n) is 3.51. The average molecular weight is 333 g/mol. The zero-order valence-electron chi connectivity index (χ0n) is 9.11. The van der Waals surface area contributed by atoms with E-state index in [1.165, 1.54) is 11.3 Å². The molecule has 2 rings (SSSR count). The Morgan fingerprint density at radius 1 is 1.35 bits per heavy atom. The van der Waals surface area contributed by atoms with Crippen molar-refractivity contribution in [3.8, 4) is 5.75 Å². The van der Waals surface area contributed by atoms with E-state index in [1.54, 1.807) is 7.11 Å². The molecule has 0 aliphatic heterocycles. The summed E-state index contributed by atoms with van der Waals surface area (Å²) in [5.41, 5.74) is 7.21. The number of hydrogen-bond acceptors (Lipinski definition) is 3. The summed E-state index contributed by atoms with van der Waals surface area (Å²) < 4.78 is 6.91.